The Bertz CT molecular complexity index is 545. The Morgan fingerprint density at radius 3 is 2.78 bits per heavy atom. The van der Waals surface area contributed by atoms with Gasteiger partial charge in [-0.1, -0.05) is 18.2 Å². The van der Waals surface area contributed by atoms with E-state index in [2.05, 4.69) is 15.3 Å². The summed E-state index contributed by atoms with van der Waals surface area (Å²) in [6, 6.07) is 7.58. The van der Waals surface area contributed by atoms with Crippen LogP contribution in [-0.4, -0.2) is 22.4 Å². The van der Waals surface area contributed by atoms with Crippen LogP contribution in [0.4, 0.5) is 0 Å². The quantitative estimate of drug-likeness (QED) is 0.863. The first-order valence-corrected chi connectivity index (χ1v) is 6.01. The summed E-state index contributed by atoms with van der Waals surface area (Å²) in [6.07, 6.45) is 2.56. The minimum absolute atomic E-state index is 0.0238. The van der Waals surface area contributed by atoms with Gasteiger partial charge in [-0.15, -0.1) is 0 Å². The van der Waals surface area contributed by atoms with Crippen molar-refractivity contribution >= 4 is 5.91 Å². The maximum Gasteiger partial charge on any atom is 0.251 e. The van der Waals surface area contributed by atoms with Gasteiger partial charge in [0.05, 0.1) is 0 Å². The Kier molecular flexibility index (Phi) is 3.77. The van der Waals surface area contributed by atoms with E-state index in [0.29, 0.717) is 6.54 Å². The van der Waals surface area contributed by atoms with Crippen LogP contribution in [0.15, 0.2) is 30.5 Å². The second-order valence-corrected chi connectivity index (χ2v) is 4.31. The number of aromatic nitrogens is 2. The van der Waals surface area contributed by atoms with Gasteiger partial charge in [-0.25, -0.2) is 4.98 Å². The number of aryl methyl sites for hydroxylation is 2. The van der Waals surface area contributed by atoms with Crippen LogP contribution in [-0.2, 0) is 6.42 Å². The largest absolute Gasteiger partial charge is 0.352 e. The zero-order chi connectivity index (χ0) is 13.0. The zero-order valence-corrected chi connectivity index (χ0v) is 10.7. The van der Waals surface area contributed by atoms with Gasteiger partial charge in [0.2, 0.25) is 0 Å². The summed E-state index contributed by atoms with van der Waals surface area (Å²) in [5.74, 6) is 0.875. The highest BCUT2D eigenvalue weighted by molar-refractivity contribution is 5.95. The van der Waals surface area contributed by atoms with Crippen molar-refractivity contribution in [1.82, 2.24) is 15.3 Å². The van der Waals surface area contributed by atoms with Gasteiger partial charge in [0.1, 0.15) is 5.82 Å². The highest BCUT2D eigenvalue weighted by Gasteiger charge is 2.07. The summed E-state index contributed by atoms with van der Waals surface area (Å²) in [4.78, 5) is 19.2. The number of imidazole rings is 1. The molecule has 1 heterocycles. The van der Waals surface area contributed by atoms with Crippen molar-refractivity contribution in [2.75, 3.05) is 6.54 Å². The number of nitrogens with zero attached hydrogens (tertiary/aromatic N) is 1. The molecule has 18 heavy (non-hydrogen) atoms. The van der Waals surface area contributed by atoms with Crippen LogP contribution in [0.1, 0.15) is 27.4 Å². The summed E-state index contributed by atoms with van der Waals surface area (Å²) in [5, 5.41) is 2.91. The van der Waals surface area contributed by atoms with Gasteiger partial charge in [-0.2, -0.15) is 0 Å². The first-order valence-electron chi connectivity index (χ1n) is 6.01. The van der Waals surface area contributed by atoms with Crippen LogP contribution in [0, 0.1) is 13.8 Å². The van der Waals surface area contributed by atoms with E-state index in [9.17, 15) is 4.79 Å². The summed E-state index contributed by atoms with van der Waals surface area (Å²) >= 11 is 0. The predicted octanol–water partition coefficient (Wildman–Crippen LogP) is 2.00. The van der Waals surface area contributed by atoms with Crippen LogP contribution in [0.5, 0.6) is 0 Å². The lowest BCUT2D eigenvalue weighted by molar-refractivity contribution is 0.0953. The second kappa shape index (κ2) is 5.49. The second-order valence-electron chi connectivity index (χ2n) is 4.31. The van der Waals surface area contributed by atoms with Crippen LogP contribution in [0.3, 0.4) is 0 Å². The van der Waals surface area contributed by atoms with E-state index in [4.69, 9.17) is 0 Å². The fraction of sp³-hybridized carbons (Fsp3) is 0.286. The van der Waals surface area contributed by atoms with Crippen molar-refractivity contribution in [2.45, 2.75) is 20.3 Å². The van der Waals surface area contributed by atoms with Crippen molar-refractivity contribution < 1.29 is 4.79 Å². The molecule has 0 aliphatic carbocycles. The monoisotopic (exact) mass is 243 g/mol. The van der Waals surface area contributed by atoms with Gasteiger partial charge >= 0.3 is 0 Å². The molecule has 0 atom stereocenters. The minimum Gasteiger partial charge on any atom is -0.352 e. The molecule has 1 aromatic heterocycles. The molecule has 0 aliphatic rings. The maximum atomic E-state index is 11.9. The zero-order valence-electron chi connectivity index (χ0n) is 10.7. The molecular weight excluding hydrogens is 226 g/mol. The van der Waals surface area contributed by atoms with Gasteiger partial charge in [0.25, 0.3) is 5.91 Å². The van der Waals surface area contributed by atoms with Gasteiger partial charge in [0, 0.05) is 30.4 Å². The normalized spacial score (nSPS) is 10.3. The molecule has 2 N–H and O–H groups in total. The molecule has 1 aromatic carbocycles. The topological polar surface area (TPSA) is 57.8 Å². The SMILES string of the molecule is Cc1ncc(CCNC(=O)c2ccccc2C)[nH]1. The first-order chi connectivity index (χ1) is 8.66. The average molecular weight is 243 g/mol. The van der Waals surface area contributed by atoms with Gasteiger partial charge < -0.3 is 10.3 Å². The third kappa shape index (κ3) is 2.97. The van der Waals surface area contributed by atoms with E-state index in [1.165, 1.54) is 0 Å². The number of nitrogens with one attached hydrogen (secondary N) is 2. The van der Waals surface area contributed by atoms with E-state index < -0.39 is 0 Å². The van der Waals surface area contributed by atoms with Crippen LogP contribution >= 0.6 is 0 Å². The van der Waals surface area contributed by atoms with E-state index in [1.54, 1.807) is 6.20 Å². The molecule has 1 amide bonds. The van der Waals surface area contributed by atoms with Gasteiger partial charge in [-0.3, -0.25) is 4.79 Å². The molecule has 2 rings (SSSR count). The number of hydrogen-bond acceptors (Lipinski definition) is 2. The molecule has 94 valence electrons. The molecule has 0 radical (unpaired) electrons. The third-order valence-corrected chi connectivity index (χ3v) is 2.83. The van der Waals surface area contributed by atoms with Crippen molar-refractivity contribution in [2.24, 2.45) is 0 Å². The van der Waals surface area contributed by atoms with E-state index in [0.717, 1.165) is 29.1 Å². The Balaban J connectivity index is 1.87. The third-order valence-electron chi connectivity index (χ3n) is 2.83. The lowest BCUT2D eigenvalue weighted by atomic mass is 10.1. The van der Waals surface area contributed by atoms with E-state index in [-0.39, 0.29) is 5.91 Å². The predicted molar refractivity (Wildman–Crippen MR) is 70.5 cm³/mol. The highest BCUT2D eigenvalue weighted by Crippen LogP contribution is 2.06. The molecule has 2 aromatic rings. The number of amides is 1. The number of aromatic amines is 1. The Hall–Kier alpha value is -2.10. The minimum atomic E-state index is -0.0238. The lowest BCUT2D eigenvalue weighted by Crippen LogP contribution is -2.26. The molecule has 0 aliphatic heterocycles. The summed E-state index contributed by atoms with van der Waals surface area (Å²) in [6.45, 7) is 4.46. The Morgan fingerprint density at radius 2 is 2.11 bits per heavy atom. The van der Waals surface area contributed by atoms with E-state index >= 15 is 0 Å². The Labute approximate surface area is 106 Å². The molecule has 0 saturated carbocycles. The fourth-order valence-corrected chi connectivity index (χ4v) is 1.83. The molecule has 0 fully saturated rings. The molecule has 0 bridgehead atoms. The molecular formula is C14H17N3O. The van der Waals surface area contributed by atoms with Gasteiger partial charge in [0.15, 0.2) is 0 Å². The number of benzene rings is 1. The summed E-state index contributed by atoms with van der Waals surface area (Å²) in [7, 11) is 0. The number of hydrogen-bond donors (Lipinski definition) is 2. The maximum absolute atomic E-state index is 11.9. The fourth-order valence-electron chi connectivity index (χ4n) is 1.83. The number of rotatable bonds is 4. The van der Waals surface area contributed by atoms with E-state index in [1.807, 2.05) is 38.1 Å². The number of carbonyl (C=O) groups excluding carboxylic acids is 1. The van der Waals surface area contributed by atoms with Crippen molar-refractivity contribution in [3.63, 3.8) is 0 Å². The van der Waals surface area contributed by atoms with Crippen molar-refractivity contribution in [3.05, 3.63) is 53.1 Å². The van der Waals surface area contributed by atoms with Gasteiger partial charge in [-0.05, 0) is 25.5 Å². The summed E-state index contributed by atoms with van der Waals surface area (Å²) in [5.41, 5.74) is 2.77. The molecule has 0 unspecified atom stereocenters. The number of H-pyrrole nitrogens is 1. The van der Waals surface area contributed by atoms with Crippen LogP contribution in [0.25, 0.3) is 0 Å². The smallest absolute Gasteiger partial charge is 0.251 e. The van der Waals surface area contributed by atoms with Crippen LogP contribution in [0.2, 0.25) is 0 Å². The first kappa shape index (κ1) is 12.4. The molecule has 4 nitrogen and oxygen atoms in total. The summed E-state index contributed by atoms with van der Waals surface area (Å²) < 4.78 is 0. The van der Waals surface area contributed by atoms with Crippen molar-refractivity contribution in [1.29, 1.82) is 0 Å². The van der Waals surface area contributed by atoms with Crippen molar-refractivity contribution in [3.8, 4) is 0 Å². The molecule has 0 saturated heterocycles. The molecule has 0 spiro atoms. The lowest BCUT2D eigenvalue weighted by Gasteiger charge is -2.06. The average Bonchev–Trinajstić information content (AvgIpc) is 2.75. The Morgan fingerprint density at radius 1 is 1.33 bits per heavy atom. The number of carbonyl (C=O) groups is 1. The van der Waals surface area contributed by atoms with Crippen LogP contribution < -0.4 is 5.32 Å². The molecule has 4 heteroatoms. The standard InChI is InChI=1S/C14H17N3O/c1-10-5-3-4-6-13(10)14(18)15-8-7-12-9-16-11(2)17-12/h3-6,9H,7-8H2,1-2H3,(H,15,18)(H,16,17). The highest BCUT2D eigenvalue weighted by atomic mass is 16.1.